The van der Waals surface area contributed by atoms with Gasteiger partial charge in [0.25, 0.3) is 0 Å². The summed E-state index contributed by atoms with van der Waals surface area (Å²) in [7, 11) is 0. The Morgan fingerprint density at radius 2 is 2.07 bits per heavy atom. The first-order valence-electron chi connectivity index (χ1n) is 4.56. The molecule has 0 saturated carbocycles. The lowest BCUT2D eigenvalue weighted by Crippen LogP contribution is -2.38. The number of carbonyl (C=O) groups is 2. The van der Waals surface area contributed by atoms with Gasteiger partial charge in [-0.2, -0.15) is 0 Å². The predicted octanol–water partition coefficient (Wildman–Crippen LogP) is 1.16. The molecule has 1 aliphatic rings. The molecule has 3 heteroatoms. The Morgan fingerprint density at radius 1 is 1.36 bits per heavy atom. The Balaban J connectivity index is 2.48. The van der Waals surface area contributed by atoms with E-state index < -0.39 is 0 Å². The highest BCUT2D eigenvalue weighted by molar-refractivity contribution is 6.02. The summed E-state index contributed by atoms with van der Waals surface area (Å²) in [5.74, 6) is 0.0180. The zero-order chi connectivity index (χ0) is 10.1. The quantitative estimate of drug-likeness (QED) is 0.614. The summed E-state index contributed by atoms with van der Waals surface area (Å²) >= 11 is 0. The van der Waals surface area contributed by atoms with E-state index in [1.807, 2.05) is 24.3 Å². The third kappa shape index (κ3) is 1.41. The third-order valence-corrected chi connectivity index (χ3v) is 2.38. The first-order valence-corrected chi connectivity index (χ1v) is 4.56. The van der Waals surface area contributed by atoms with Gasteiger partial charge in [-0.05, 0) is 11.6 Å². The minimum absolute atomic E-state index is 0.0782. The van der Waals surface area contributed by atoms with Crippen molar-refractivity contribution < 1.29 is 9.59 Å². The minimum atomic E-state index is -0.0782. The van der Waals surface area contributed by atoms with Crippen molar-refractivity contribution in [2.45, 2.75) is 13.3 Å². The van der Waals surface area contributed by atoms with Gasteiger partial charge in [-0.15, -0.1) is 0 Å². The SMILES string of the molecule is CC(=O)N1CC(=O)Cc2ccccc21. The summed E-state index contributed by atoms with van der Waals surface area (Å²) in [5, 5.41) is 0. The van der Waals surface area contributed by atoms with Crippen LogP contribution < -0.4 is 4.90 Å². The van der Waals surface area contributed by atoms with Crippen LogP contribution in [0.25, 0.3) is 0 Å². The van der Waals surface area contributed by atoms with Crippen molar-refractivity contribution in [2.75, 3.05) is 11.4 Å². The number of carbonyl (C=O) groups excluding carboxylic acids is 2. The van der Waals surface area contributed by atoms with E-state index >= 15 is 0 Å². The summed E-state index contributed by atoms with van der Waals surface area (Å²) in [6, 6.07) is 7.53. The average molecular weight is 189 g/mol. The number of nitrogens with zero attached hydrogens (tertiary/aromatic N) is 1. The van der Waals surface area contributed by atoms with E-state index in [0.29, 0.717) is 6.42 Å². The molecular weight excluding hydrogens is 178 g/mol. The zero-order valence-corrected chi connectivity index (χ0v) is 7.99. The van der Waals surface area contributed by atoms with Crippen LogP contribution in [0.1, 0.15) is 12.5 Å². The molecule has 0 radical (unpaired) electrons. The van der Waals surface area contributed by atoms with Crippen LogP contribution in [0.15, 0.2) is 24.3 Å². The molecule has 0 bridgehead atoms. The number of hydrogen-bond donors (Lipinski definition) is 0. The summed E-state index contributed by atoms with van der Waals surface area (Å²) in [5.41, 5.74) is 1.82. The van der Waals surface area contributed by atoms with Crippen LogP contribution in [-0.2, 0) is 16.0 Å². The topological polar surface area (TPSA) is 37.4 Å². The molecule has 3 nitrogen and oxygen atoms in total. The fraction of sp³-hybridized carbons (Fsp3) is 0.273. The molecule has 1 aromatic carbocycles. The van der Waals surface area contributed by atoms with Gasteiger partial charge < -0.3 is 4.90 Å². The van der Waals surface area contributed by atoms with Crippen molar-refractivity contribution in [3.8, 4) is 0 Å². The molecule has 14 heavy (non-hydrogen) atoms. The van der Waals surface area contributed by atoms with Gasteiger partial charge in [0, 0.05) is 19.0 Å². The number of amides is 1. The first kappa shape index (κ1) is 8.94. The number of Topliss-reactive ketones (excluding diaryl/α,β-unsaturated/α-hetero) is 1. The zero-order valence-electron chi connectivity index (χ0n) is 7.99. The first-order chi connectivity index (χ1) is 6.68. The van der Waals surface area contributed by atoms with Gasteiger partial charge >= 0.3 is 0 Å². The standard InChI is InChI=1S/C11H11NO2/c1-8(13)12-7-10(14)6-9-4-2-3-5-11(9)12/h2-5H,6-7H2,1H3. The second-order valence-corrected chi connectivity index (χ2v) is 3.45. The highest BCUT2D eigenvalue weighted by Crippen LogP contribution is 2.25. The maximum Gasteiger partial charge on any atom is 0.224 e. The smallest absolute Gasteiger partial charge is 0.224 e. The van der Waals surface area contributed by atoms with Gasteiger partial charge in [0.2, 0.25) is 5.91 Å². The Labute approximate surface area is 82.3 Å². The predicted molar refractivity (Wildman–Crippen MR) is 53.2 cm³/mol. The highest BCUT2D eigenvalue weighted by atomic mass is 16.2. The van der Waals surface area contributed by atoms with Crippen molar-refractivity contribution >= 4 is 17.4 Å². The monoisotopic (exact) mass is 189 g/mol. The molecule has 1 aromatic rings. The van der Waals surface area contributed by atoms with Crippen LogP contribution in [0.4, 0.5) is 5.69 Å². The number of para-hydroxylation sites is 1. The molecule has 0 N–H and O–H groups in total. The Kier molecular flexibility index (Phi) is 2.08. The van der Waals surface area contributed by atoms with Crippen LogP contribution in [0.5, 0.6) is 0 Å². The van der Waals surface area contributed by atoms with Gasteiger partial charge in [0.15, 0.2) is 5.78 Å². The van der Waals surface area contributed by atoms with Crippen molar-refractivity contribution in [2.24, 2.45) is 0 Å². The minimum Gasteiger partial charge on any atom is -0.305 e. The van der Waals surface area contributed by atoms with E-state index in [0.717, 1.165) is 11.3 Å². The fourth-order valence-electron chi connectivity index (χ4n) is 1.73. The number of hydrogen-bond acceptors (Lipinski definition) is 2. The molecule has 0 spiro atoms. The van der Waals surface area contributed by atoms with Crippen molar-refractivity contribution in [3.63, 3.8) is 0 Å². The molecular formula is C11H11NO2. The third-order valence-electron chi connectivity index (χ3n) is 2.38. The van der Waals surface area contributed by atoms with E-state index in [9.17, 15) is 9.59 Å². The molecule has 1 aliphatic heterocycles. The van der Waals surface area contributed by atoms with E-state index in [4.69, 9.17) is 0 Å². The molecule has 0 aliphatic carbocycles. The van der Waals surface area contributed by atoms with Crippen LogP contribution >= 0.6 is 0 Å². The molecule has 0 atom stereocenters. The normalized spacial score (nSPS) is 15.2. The fourth-order valence-corrected chi connectivity index (χ4v) is 1.73. The lowest BCUT2D eigenvalue weighted by molar-refractivity contribution is -0.121. The number of anilines is 1. The lowest BCUT2D eigenvalue weighted by Gasteiger charge is -2.27. The maximum absolute atomic E-state index is 11.3. The van der Waals surface area contributed by atoms with Gasteiger partial charge in [0.05, 0.1) is 6.54 Å². The molecule has 0 unspecified atom stereocenters. The van der Waals surface area contributed by atoms with E-state index in [1.54, 1.807) is 0 Å². The van der Waals surface area contributed by atoms with Crippen LogP contribution in [0.3, 0.4) is 0 Å². The Bertz CT molecular complexity index is 398. The second kappa shape index (κ2) is 3.25. The number of rotatable bonds is 0. The number of fused-ring (bicyclic) bond motifs is 1. The molecule has 2 rings (SSSR count). The van der Waals surface area contributed by atoms with Crippen LogP contribution in [-0.4, -0.2) is 18.2 Å². The molecule has 1 amide bonds. The maximum atomic E-state index is 11.3. The second-order valence-electron chi connectivity index (χ2n) is 3.45. The van der Waals surface area contributed by atoms with Gasteiger partial charge in [-0.1, -0.05) is 18.2 Å². The molecule has 0 saturated heterocycles. The van der Waals surface area contributed by atoms with E-state index in [-0.39, 0.29) is 18.2 Å². The largest absolute Gasteiger partial charge is 0.305 e. The Morgan fingerprint density at radius 3 is 2.79 bits per heavy atom. The van der Waals surface area contributed by atoms with Crippen LogP contribution in [0.2, 0.25) is 0 Å². The van der Waals surface area contributed by atoms with Crippen LogP contribution in [0, 0.1) is 0 Å². The lowest BCUT2D eigenvalue weighted by atomic mass is 10.0. The number of benzene rings is 1. The Hall–Kier alpha value is -1.64. The van der Waals surface area contributed by atoms with E-state index in [2.05, 4.69) is 0 Å². The molecule has 1 heterocycles. The molecule has 0 aromatic heterocycles. The highest BCUT2D eigenvalue weighted by Gasteiger charge is 2.23. The van der Waals surface area contributed by atoms with Crippen molar-refractivity contribution in [1.82, 2.24) is 0 Å². The van der Waals surface area contributed by atoms with Gasteiger partial charge in [-0.3, -0.25) is 9.59 Å². The summed E-state index contributed by atoms with van der Waals surface area (Å²) < 4.78 is 0. The average Bonchev–Trinajstić information content (AvgIpc) is 2.16. The van der Waals surface area contributed by atoms with E-state index in [1.165, 1.54) is 11.8 Å². The van der Waals surface area contributed by atoms with Crippen molar-refractivity contribution in [1.29, 1.82) is 0 Å². The number of ketones is 1. The van der Waals surface area contributed by atoms with Crippen molar-refractivity contribution in [3.05, 3.63) is 29.8 Å². The summed E-state index contributed by atoms with van der Waals surface area (Å²) in [6.07, 6.45) is 0.444. The van der Waals surface area contributed by atoms with Gasteiger partial charge in [0.1, 0.15) is 0 Å². The summed E-state index contributed by atoms with van der Waals surface area (Å²) in [4.78, 5) is 24.2. The van der Waals surface area contributed by atoms with Gasteiger partial charge in [-0.25, -0.2) is 0 Å². The molecule has 72 valence electrons. The molecule has 0 fully saturated rings. The summed E-state index contributed by atoms with van der Waals surface area (Å²) in [6.45, 7) is 1.70.